The van der Waals surface area contributed by atoms with E-state index in [1.807, 2.05) is 22.6 Å². The van der Waals surface area contributed by atoms with Crippen LogP contribution in [0.2, 0.25) is 0 Å². The van der Waals surface area contributed by atoms with E-state index in [0.717, 1.165) is 0 Å². The molecule has 6 atom stereocenters. The van der Waals surface area contributed by atoms with E-state index in [0.29, 0.717) is 6.61 Å². The van der Waals surface area contributed by atoms with Crippen molar-refractivity contribution in [2.45, 2.75) is 61.1 Å². The molecule has 0 aliphatic carbocycles. The first kappa shape index (κ1) is 13.4. The topological polar surface area (TPSA) is 46.2 Å². The standard InChI is InChI=1S/C11H16FIO5/c1-10(2)14-4-5(16-10)7-6(12)8-9(15-7)18-11(3,13)17-8/h5-9H,4H2,1-3H3/t5?,6-,7?,8+,9+,11?/m0/s1. The largest absolute Gasteiger partial charge is 0.348 e. The van der Waals surface area contributed by atoms with Gasteiger partial charge in [0.05, 0.1) is 6.61 Å². The van der Waals surface area contributed by atoms with Crippen molar-refractivity contribution in [3.63, 3.8) is 0 Å². The van der Waals surface area contributed by atoms with Gasteiger partial charge in [-0.05, 0) is 43.4 Å². The van der Waals surface area contributed by atoms with Crippen LogP contribution in [0.5, 0.6) is 0 Å². The number of ether oxygens (including phenoxy) is 5. The van der Waals surface area contributed by atoms with Crippen molar-refractivity contribution < 1.29 is 28.1 Å². The summed E-state index contributed by atoms with van der Waals surface area (Å²) in [5, 5.41) is 0. The Labute approximate surface area is 118 Å². The van der Waals surface area contributed by atoms with E-state index in [-0.39, 0.29) is 0 Å². The molecule has 0 saturated carbocycles. The molecule has 104 valence electrons. The Morgan fingerprint density at radius 3 is 2.39 bits per heavy atom. The van der Waals surface area contributed by atoms with Gasteiger partial charge in [0.25, 0.3) is 0 Å². The summed E-state index contributed by atoms with van der Waals surface area (Å²) in [6, 6.07) is 0. The van der Waals surface area contributed by atoms with Crippen molar-refractivity contribution in [1.29, 1.82) is 0 Å². The summed E-state index contributed by atoms with van der Waals surface area (Å²) < 4.78 is 41.1. The Morgan fingerprint density at radius 1 is 1.11 bits per heavy atom. The molecule has 0 amide bonds. The van der Waals surface area contributed by atoms with Crippen molar-refractivity contribution in [1.82, 2.24) is 0 Å². The van der Waals surface area contributed by atoms with E-state index in [4.69, 9.17) is 23.7 Å². The van der Waals surface area contributed by atoms with Gasteiger partial charge in [0.15, 0.2) is 18.2 Å². The summed E-state index contributed by atoms with van der Waals surface area (Å²) in [4.78, 5) is 0. The Hall–Kier alpha value is 0.460. The molecule has 3 rings (SSSR count). The van der Waals surface area contributed by atoms with Crippen LogP contribution in [0.4, 0.5) is 4.39 Å². The maximum absolute atomic E-state index is 14.3. The molecule has 0 aromatic rings. The van der Waals surface area contributed by atoms with Crippen molar-refractivity contribution in [2.24, 2.45) is 0 Å². The van der Waals surface area contributed by atoms with Gasteiger partial charge in [-0.2, -0.15) is 0 Å². The zero-order valence-corrected chi connectivity index (χ0v) is 12.5. The molecule has 0 N–H and O–H groups in total. The number of hydrogen-bond acceptors (Lipinski definition) is 5. The Balaban J connectivity index is 1.68. The van der Waals surface area contributed by atoms with Gasteiger partial charge in [0.1, 0.15) is 18.3 Å². The summed E-state index contributed by atoms with van der Waals surface area (Å²) in [7, 11) is 0. The quantitative estimate of drug-likeness (QED) is 0.517. The molecule has 18 heavy (non-hydrogen) atoms. The van der Waals surface area contributed by atoms with Gasteiger partial charge in [-0.25, -0.2) is 4.39 Å². The van der Waals surface area contributed by atoms with Gasteiger partial charge in [0.2, 0.25) is 3.79 Å². The van der Waals surface area contributed by atoms with Gasteiger partial charge in [-0.3, -0.25) is 0 Å². The minimum absolute atomic E-state index is 0.318. The Bertz CT molecular complexity index is 350. The van der Waals surface area contributed by atoms with E-state index >= 15 is 0 Å². The molecular weight excluding hydrogens is 358 g/mol. The lowest BCUT2D eigenvalue weighted by molar-refractivity contribution is -0.198. The van der Waals surface area contributed by atoms with Crippen LogP contribution in [0, 0.1) is 0 Å². The number of alkyl halides is 2. The molecule has 3 heterocycles. The second-order valence-corrected chi connectivity index (χ2v) is 7.28. The Morgan fingerprint density at radius 2 is 1.83 bits per heavy atom. The molecular formula is C11H16FIO5. The van der Waals surface area contributed by atoms with Crippen LogP contribution in [-0.2, 0) is 23.7 Å². The van der Waals surface area contributed by atoms with Crippen LogP contribution in [0.25, 0.3) is 0 Å². The maximum atomic E-state index is 14.3. The first-order valence-corrected chi connectivity index (χ1v) is 7.01. The fraction of sp³-hybridized carbons (Fsp3) is 1.00. The van der Waals surface area contributed by atoms with Gasteiger partial charge in [-0.1, -0.05) is 0 Å². The van der Waals surface area contributed by atoms with Crippen molar-refractivity contribution in [3.8, 4) is 0 Å². The highest BCUT2D eigenvalue weighted by Gasteiger charge is 2.59. The van der Waals surface area contributed by atoms with Crippen LogP contribution in [0.3, 0.4) is 0 Å². The predicted octanol–water partition coefficient (Wildman–Crippen LogP) is 1.72. The normalized spacial score (nSPS) is 54.8. The molecule has 0 aromatic carbocycles. The van der Waals surface area contributed by atoms with E-state index in [1.54, 1.807) is 20.8 Å². The minimum Gasteiger partial charge on any atom is -0.348 e. The zero-order valence-electron chi connectivity index (χ0n) is 10.4. The summed E-state index contributed by atoms with van der Waals surface area (Å²) >= 11 is 1.98. The van der Waals surface area contributed by atoms with Crippen LogP contribution in [-0.4, -0.2) is 47.0 Å². The van der Waals surface area contributed by atoms with Crippen LogP contribution in [0.15, 0.2) is 0 Å². The highest BCUT2D eigenvalue weighted by Crippen LogP contribution is 2.44. The average molecular weight is 374 g/mol. The summed E-state index contributed by atoms with van der Waals surface area (Å²) in [6.45, 7) is 5.64. The van der Waals surface area contributed by atoms with E-state index in [2.05, 4.69) is 0 Å². The first-order valence-electron chi connectivity index (χ1n) is 5.93. The van der Waals surface area contributed by atoms with Gasteiger partial charge in [0, 0.05) is 0 Å². The highest BCUT2D eigenvalue weighted by molar-refractivity contribution is 14.1. The predicted molar refractivity (Wildman–Crippen MR) is 66.8 cm³/mol. The molecule has 3 saturated heterocycles. The van der Waals surface area contributed by atoms with E-state index in [1.165, 1.54) is 0 Å². The van der Waals surface area contributed by atoms with Crippen molar-refractivity contribution in [3.05, 3.63) is 0 Å². The molecule has 3 aliphatic rings. The molecule has 3 fully saturated rings. The van der Waals surface area contributed by atoms with E-state index < -0.39 is 40.4 Å². The van der Waals surface area contributed by atoms with Crippen LogP contribution in [0.1, 0.15) is 20.8 Å². The average Bonchev–Trinajstić information content (AvgIpc) is 2.81. The third-order valence-corrected chi connectivity index (χ3v) is 3.77. The molecule has 5 nitrogen and oxygen atoms in total. The maximum Gasteiger partial charge on any atom is 0.221 e. The molecule has 0 spiro atoms. The smallest absolute Gasteiger partial charge is 0.221 e. The minimum atomic E-state index is -1.27. The third kappa shape index (κ3) is 2.29. The van der Waals surface area contributed by atoms with Crippen molar-refractivity contribution in [2.75, 3.05) is 6.61 Å². The molecule has 3 aliphatic heterocycles. The van der Waals surface area contributed by atoms with E-state index in [9.17, 15) is 4.39 Å². The van der Waals surface area contributed by atoms with Gasteiger partial charge >= 0.3 is 0 Å². The summed E-state index contributed by atoms with van der Waals surface area (Å²) in [6.07, 6.45) is -3.75. The summed E-state index contributed by atoms with van der Waals surface area (Å²) in [5.41, 5.74) is 0. The molecule has 3 unspecified atom stereocenters. The number of halogens is 2. The number of hydrogen-bond donors (Lipinski definition) is 0. The molecule has 0 aromatic heterocycles. The monoisotopic (exact) mass is 374 g/mol. The lowest BCUT2D eigenvalue weighted by atomic mass is 10.1. The van der Waals surface area contributed by atoms with Gasteiger partial charge < -0.3 is 23.7 Å². The van der Waals surface area contributed by atoms with Crippen LogP contribution >= 0.6 is 22.6 Å². The lowest BCUT2D eigenvalue weighted by Gasteiger charge is -2.24. The molecule has 7 heteroatoms. The first-order chi connectivity index (χ1) is 8.27. The SMILES string of the molecule is CC1(C)OCC(C2O[C@@H]3OC(C)(I)O[C@@H]3[C@H]2F)O1. The highest BCUT2D eigenvalue weighted by atomic mass is 127. The fourth-order valence-corrected chi connectivity index (χ4v) is 3.05. The number of rotatable bonds is 1. The molecule has 0 bridgehead atoms. The Kier molecular flexibility index (Phi) is 3.16. The zero-order chi connectivity index (χ0) is 13.1. The van der Waals surface area contributed by atoms with Gasteiger partial charge in [-0.15, -0.1) is 0 Å². The number of fused-ring (bicyclic) bond motifs is 1. The summed E-state index contributed by atoms with van der Waals surface area (Å²) in [5.74, 6) is -0.690. The van der Waals surface area contributed by atoms with Crippen LogP contribution < -0.4 is 0 Å². The molecule has 0 radical (unpaired) electrons. The third-order valence-electron chi connectivity index (χ3n) is 3.26. The fourth-order valence-electron chi connectivity index (χ4n) is 2.51. The lowest BCUT2D eigenvalue weighted by Crippen LogP contribution is -2.40. The second-order valence-electron chi connectivity index (χ2n) is 5.32. The van der Waals surface area contributed by atoms with Crippen molar-refractivity contribution >= 4 is 22.6 Å². The second kappa shape index (κ2) is 4.23.